The third-order valence-electron chi connectivity index (χ3n) is 6.07. The first kappa shape index (κ1) is 22.4. The number of fused-ring (bicyclic) bond motifs is 1. The molecule has 6 nitrogen and oxygen atoms in total. The molecule has 0 spiro atoms. The van der Waals surface area contributed by atoms with Crippen molar-refractivity contribution in [3.63, 3.8) is 0 Å². The smallest absolute Gasteiger partial charge is 0.243 e. The molecule has 1 heterocycles. The number of benzene rings is 3. The van der Waals surface area contributed by atoms with Crippen LogP contribution in [0.5, 0.6) is 0 Å². The maximum atomic E-state index is 13.6. The van der Waals surface area contributed by atoms with E-state index >= 15 is 0 Å². The van der Waals surface area contributed by atoms with Gasteiger partial charge in [-0.1, -0.05) is 60.7 Å². The quantitative estimate of drug-likeness (QED) is 0.349. The van der Waals surface area contributed by atoms with E-state index in [9.17, 15) is 13.2 Å². The number of amides is 1. The van der Waals surface area contributed by atoms with E-state index in [2.05, 4.69) is 0 Å². The van der Waals surface area contributed by atoms with Crippen molar-refractivity contribution >= 4 is 26.7 Å². The number of rotatable bonds is 9. The lowest BCUT2D eigenvalue weighted by Gasteiger charge is -2.27. The van der Waals surface area contributed by atoms with E-state index in [-0.39, 0.29) is 29.9 Å². The minimum absolute atomic E-state index is 0.150. The Morgan fingerprint density at radius 3 is 2.29 bits per heavy atom. The Morgan fingerprint density at radius 2 is 1.59 bits per heavy atom. The highest BCUT2D eigenvalue weighted by Gasteiger charge is 2.40. The molecule has 0 aliphatic heterocycles. The van der Waals surface area contributed by atoms with E-state index < -0.39 is 10.0 Å². The zero-order chi connectivity index (χ0) is 23.5. The Hall–Kier alpha value is -3.42. The fourth-order valence-corrected chi connectivity index (χ4v) is 5.77. The van der Waals surface area contributed by atoms with Gasteiger partial charge in [-0.25, -0.2) is 8.42 Å². The molecule has 0 saturated heterocycles. The van der Waals surface area contributed by atoms with Crippen molar-refractivity contribution in [2.75, 3.05) is 6.54 Å². The summed E-state index contributed by atoms with van der Waals surface area (Å²) in [6, 6.07) is 25.9. The van der Waals surface area contributed by atoms with Crippen LogP contribution in [0.3, 0.4) is 0 Å². The van der Waals surface area contributed by atoms with Gasteiger partial charge in [0.2, 0.25) is 15.9 Å². The Labute approximate surface area is 199 Å². The summed E-state index contributed by atoms with van der Waals surface area (Å²) in [6.07, 6.45) is 3.09. The molecule has 3 aromatic carbocycles. The van der Waals surface area contributed by atoms with Crippen LogP contribution < -0.4 is 0 Å². The Balaban J connectivity index is 1.41. The van der Waals surface area contributed by atoms with Crippen LogP contribution in [0.1, 0.15) is 24.2 Å². The topological polar surface area (TPSA) is 70.8 Å². The monoisotopic (exact) mass is 474 g/mol. The first-order valence-electron chi connectivity index (χ1n) is 11.4. The summed E-state index contributed by atoms with van der Waals surface area (Å²) in [4.78, 5) is 15.4. The zero-order valence-corrected chi connectivity index (χ0v) is 19.5. The van der Waals surface area contributed by atoms with Crippen LogP contribution in [0.25, 0.3) is 10.8 Å². The molecule has 0 bridgehead atoms. The second-order valence-electron chi connectivity index (χ2n) is 8.61. The summed E-state index contributed by atoms with van der Waals surface area (Å²) < 4.78 is 34.1. The van der Waals surface area contributed by atoms with Crippen LogP contribution in [-0.4, -0.2) is 36.1 Å². The molecule has 7 heteroatoms. The highest BCUT2D eigenvalue weighted by Crippen LogP contribution is 2.33. The number of nitrogens with zero attached hydrogens (tertiary/aromatic N) is 2. The van der Waals surface area contributed by atoms with Crippen molar-refractivity contribution in [1.29, 1.82) is 0 Å². The highest BCUT2D eigenvalue weighted by molar-refractivity contribution is 7.89. The average Bonchev–Trinajstić information content (AvgIpc) is 3.57. The minimum Gasteiger partial charge on any atom is -0.467 e. The van der Waals surface area contributed by atoms with E-state index in [1.807, 2.05) is 66.7 Å². The third-order valence-corrected chi connectivity index (χ3v) is 7.96. The third kappa shape index (κ3) is 4.90. The number of hydrogen-bond acceptors (Lipinski definition) is 4. The van der Waals surface area contributed by atoms with Crippen molar-refractivity contribution in [1.82, 2.24) is 9.21 Å². The fourth-order valence-electron chi connectivity index (χ4n) is 4.10. The molecular weight excluding hydrogens is 448 g/mol. The Bertz CT molecular complexity index is 1380. The van der Waals surface area contributed by atoms with Gasteiger partial charge in [0.05, 0.1) is 24.2 Å². The lowest BCUT2D eigenvalue weighted by atomic mass is 10.1. The van der Waals surface area contributed by atoms with Gasteiger partial charge in [-0.2, -0.15) is 4.31 Å². The van der Waals surface area contributed by atoms with Crippen molar-refractivity contribution in [2.24, 2.45) is 0 Å². The number of carbonyl (C=O) groups is 1. The van der Waals surface area contributed by atoms with E-state index in [0.717, 1.165) is 29.2 Å². The maximum absolute atomic E-state index is 13.6. The molecule has 1 fully saturated rings. The maximum Gasteiger partial charge on any atom is 0.243 e. The minimum atomic E-state index is -3.83. The van der Waals surface area contributed by atoms with Crippen molar-refractivity contribution in [3.8, 4) is 0 Å². The van der Waals surface area contributed by atoms with Gasteiger partial charge in [-0.3, -0.25) is 4.79 Å². The van der Waals surface area contributed by atoms with Gasteiger partial charge in [0.15, 0.2) is 0 Å². The SMILES string of the molecule is O=C(CN(C1CC1)S(=O)(=O)c1ccc2ccccc2c1)N(Cc1ccccc1)Cc1ccco1. The summed E-state index contributed by atoms with van der Waals surface area (Å²) in [5, 5.41) is 1.83. The van der Waals surface area contributed by atoms with Crippen LogP contribution >= 0.6 is 0 Å². The molecule has 34 heavy (non-hydrogen) atoms. The van der Waals surface area contributed by atoms with Crippen molar-refractivity contribution < 1.29 is 17.6 Å². The standard InChI is InChI=1S/C27H26N2O4S/c30-27(28(19-25-11-6-16-33-25)18-21-7-2-1-3-8-21)20-29(24-13-14-24)34(31,32)26-15-12-22-9-4-5-10-23(22)17-26/h1-12,15-17,24H,13-14,18-20H2. The molecule has 0 N–H and O–H groups in total. The molecular formula is C27H26N2O4S. The molecule has 5 rings (SSSR count). The predicted octanol–water partition coefficient (Wildman–Crippen LogP) is 4.81. The van der Waals surface area contributed by atoms with Crippen LogP contribution in [0, 0.1) is 0 Å². The van der Waals surface area contributed by atoms with E-state index in [0.29, 0.717) is 12.3 Å². The normalized spacial score (nSPS) is 13.9. The Morgan fingerprint density at radius 1 is 0.853 bits per heavy atom. The number of carbonyl (C=O) groups excluding carboxylic acids is 1. The average molecular weight is 475 g/mol. The molecule has 1 aromatic heterocycles. The molecule has 0 atom stereocenters. The lowest BCUT2D eigenvalue weighted by molar-refractivity contribution is -0.133. The van der Waals surface area contributed by atoms with Gasteiger partial charge in [0.1, 0.15) is 5.76 Å². The zero-order valence-electron chi connectivity index (χ0n) is 18.7. The summed E-state index contributed by atoms with van der Waals surface area (Å²) >= 11 is 0. The van der Waals surface area contributed by atoms with E-state index in [1.54, 1.807) is 29.4 Å². The van der Waals surface area contributed by atoms with Crippen LogP contribution in [0.4, 0.5) is 0 Å². The largest absolute Gasteiger partial charge is 0.467 e. The van der Waals surface area contributed by atoms with Crippen LogP contribution in [0.15, 0.2) is 101 Å². The highest BCUT2D eigenvalue weighted by atomic mass is 32.2. The fraction of sp³-hybridized carbons (Fsp3) is 0.222. The second kappa shape index (κ2) is 9.44. The van der Waals surface area contributed by atoms with Gasteiger partial charge >= 0.3 is 0 Å². The second-order valence-corrected chi connectivity index (χ2v) is 10.5. The molecule has 0 unspecified atom stereocenters. The molecule has 174 valence electrons. The molecule has 1 saturated carbocycles. The van der Waals surface area contributed by atoms with Gasteiger partial charge in [0, 0.05) is 12.6 Å². The summed E-state index contributed by atoms with van der Waals surface area (Å²) in [5.41, 5.74) is 0.970. The van der Waals surface area contributed by atoms with Crippen LogP contribution in [-0.2, 0) is 27.9 Å². The van der Waals surface area contributed by atoms with Gasteiger partial charge in [-0.15, -0.1) is 0 Å². The van der Waals surface area contributed by atoms with Gasteiger partial charge < -0.3 is 9.32 Å². The molecule has 1 aliphatic carbocycles. The Kier molecular flexibility index (Phi) is 6.22. The van der Waals surface area contributed by atoms with Gasteiger partial charge in [0.25, 0.3) is 0 Å². The molecule has 1 amide bonds. The first-order chi connectivity index (χ1) is 16.5. The summed E-state index contributed by atoms with van der Waals surface area (Å²) in [6.45, 7) is 0.442. The van der Waals surface area contributed by atoms with E-state index in [1.165, 1.54) is 4.31 Å². The van der Waals surface area contributed by atoms with Crippen LogP contribution in [0.2, 0.25) is 0 Å². The van der Waals surface area contributed by atoms with E-state index in [4.69, 9.17) is 4.42 Å². The summed E-state index contributed by atoms with van der Waals surface area (Å²) in [5.74, 6) is 0.399. The van der Waals surface area contributed by atoms with Crippen molar-refractivity contribution in [3.05, 3.63) is 103 Å². The van der Waals surface area contributed by atoms with Crippen molar-refractivity contribution in [2.45, 2.75) is 36.9 Å². The number of furan rings is 1. The lowest BCUT2D eigenvalue weighted by Crippen LogP contribution is -2.43. The molecule has 0 radical (unpaired) electrons. The number of hydrogen-bond donors (Lipinski definition) is 0. The summed E-state index contributed by atoms with van der Waals surface area (Å²) in [7, 11) is -3.83. The van der Waals surface area contributed by atoms with Gasteiger partial charge in [-0.05, 0) is 53.4 Å². The first-order valence-corrected chi connectivity index (χ1v) is 12.8. The number of sulfonamides is 1. The molecule has 1 aliphatic rings. The predicted molar refractivity (Wildman–Crippen MR) is 130 cm³/mol. The molecule has 4 aromatic rings.